The van der Waals surface area contributed by atoms with Gasteiger partial charge in [-0.3, -0.25) is 0 Å². The summed E-state index contributed by atoms with van der Waals surface area (Å²) in [7, 11) is 2.22. The fraction of sp³-hybridized carbons (Fsp3) is 0.647. The number of benzene rings is 1. The maximum Gasteiger partial charge on any atom is 0.0244 e. The second kappa shape index (κ2) is 6.53. The lowest BCUT2D eigenvalue weighted by atomic mass is 10.0. The van der Waals surface area contributed by atoms with Gasteiger partial charge < -0.3 is 10.6 Å². The summed E-state index contributed by atoms with van der Waals surface area (Å²) in [5, 5.41) is 0. The van der Waals surface area contributed by atoms with Gasteiger partial charge in [-0.1, -0.05) is 44.5 Å². The number of hydrogen-bond donors (Lipinski definition) is 1. The summed E-state index contributed by atoms with van der Waals surface area (Å²) in [6.45, 7) is 5.59. The van der Waals surface area contributed by atoms with Crippen molar-refractivity contribution >= 4 is 0 Å². The van der Waals surface area contributed by atoms with Gasteiger partial charge in [0.15, 0.2) is 0 Å². The molecule has 1 aromatic rings. The van der Waals surface area contributed by atoms with E-state index < -0.39 is 0 Å². The Hall–Kier alpha value is -0.860. The quantitative estimate of drug-likeness (QED) is 0.881. The second-order valence-electron chi connectivity index (χ2n) is 6.29. The van der Waals surface area contributed by atoms with E-state index in [4.69, 9.17) is 5.73 Å². The highest BCUT2D eigenvalue weighted by molar-refractivity contribution is 5.24. The molecule has 2 rings (SSSR count). The molecule has 1 fully saturated rings. The van der Waals surface area contributed by atoms with Crippen LogP contribution in [0.1, 0.15) is 50.2 Å². The van der Waals surface area contributed by atoms with Crippen molar-refractivity contribution in [3.05, 3.63) is 35.4 Å². The molecule has 0 aromatic heterocycles. The van der Waals surface area contributed by atoms with Gasteiger partial charge >= 0.3 is 0 Å². The molecule has 0 saturated heterocycles. The number of rotatable bonds is 5. The number of nitrogens with zero attached hydrogens (tertiary/aromatic N) is 1. The molecule has 1 aliphatic carbocycles. The fourth-order valence-corrected chi connectivity index (χ4v) is 3.06. The first-order chi connectivity index (χ1) is 9.08. The molecular weight excluding hydrogens is 232 g/mol. The molecule has 0 spiro atoms. The van der Waals surface area contributed by atoms with E-state index in [1.807, 2.05) is 0 Å². The Morgan fingerprint density at radius 3 is 2.42 bits per heavy atom. The van der Waals surface area contributed by atoms with Gasteiger partial charge in [-0.05, 0) is 43.4 Å². The minimum atomic E-state index is 0.383. The first kappa shape index (κ1) is 14.5. The standard InChI is InChI=1S/C17H28N2/c1-13(2)15-9-7-14(8-10-15)11-12-19(3)17-6-4-5-16(17)18/h7-10,13,16-17H,4-6,11-12,18H2,1-3H3. The topological polar surface area (TPSA) is 29.3 Å². The lowest BCUT2D eigenvalue weighted by molar-refractivity contribution is 0.231. The highest BCUT2D eigenvalue weighted by atomic mass is 15.1. The molecule has 2 atom stereocenters. The predicted octanol–water partition coefficient (Wildman–Crippen LogP) is 3.16. The van der Waals surface area contributed by atoms with Crippen molar-refractivity contribution in [2.24, 2.45) is 5.73 Å². The monoisotopic (exact) mass is 260 g/mol. The maximum atomic E-state index is 6.16. The van der Waals surface area contributed by atoms with Gasteiger partial charge in [-0.15, -0.1) is 0 Å². The Labute approximate surface area is 118 Å². The molecule has 2 nitrogen and oxygen atoms in total. The summed E-state index contributed by atoms with van der Waals surface area (Å²) in [5.41, 5.74) is 9.02. The van der Waals surface area contributed by atoms with Crippen LogP contribution in [0.2, 0.25) is 0 Å². The van der Waals surface area contributed by atoms with E-state index in [1.165, 1.54) is 30.4 Å². The molecule has 0 heterocycles. The van der Waals surface area contributed by atoms with Gasteiger partial charge in [0.2, 0.25) is 0 Å². The van der Waals surface area contributed by atoms with E-state index in [0.717, 1.165) is 13.0 Å². The molecule has 2 heteroatoms. The van der Waals surface area contributed by atoms with Crippen LogP contribution in [-0.2, 0) is 6.42 Å². The van der Waals surface area contributed by atoms with Crippen molar-refractivity contribution in [3.8, 4) is 0 Å². The van der Waals surface area contributed by atoms with Crippen LogP contribution >= 0.6 is 0 Å². The normalized spacial score (nSPS) is 23.5. The van der Waals surface area contributed by atoms with Gasteiger partial charge in [0.05, 0.1) is 0 Å². The lowest BCUT2D eigenvalue weighted by Gasteiger charge is -2.27. The SMILES string of the molecule is CC(C)c1ccc(CCN(C)C2CCCC2N)cc1. The van der Waals surface area contributed by atoms with E-state index >= 15 is 0 Å². The minimum absolute atomic E-state index is 0.383. The average Bonchev–Trinajstić information content (AvgIpc) is 2.83. The minimum Gasteiger partial charge on any atom is -0.326 e. The fourth-order valence-electron chi connectivity index (χ4n) is 3.06. The van der Waals surface area contributed by atoms with Gasteiger partial charge in [0.1, 0.15) is 0 Å². The van der Waals surface area contributed by atoms with Gasteiger partial charge in [-0.25, -0.2) is 0 Å². The predicted molar refractivity (Wildman–Crippen MR) is 82.5 cm³/mol. The molecule has 0 amide bonds. The Balaban J connectivity index is 1.84. The van der Waals surface area contributed by atoms with Gasteiger partial charge in [0, 0.05) is 18.6 Å². The number of nitrogens with two attached hydrogens (primary N) is 1. The second-order valence-corrected chi connectivity index (χ2v) is 6.29. The zero-order valence-corrected chi connectivity index (χ0v) is 12.6. The first-order valence-corrected chi connectivity index (χ1v) is 7.62. The van der Waals surface area contributed by atoms with Crippen molar-refractivity contribution in [1.29, 1.82) is 0 Å². The van der Waals surface area contributed by atoms with Crippen LogP contribution in [0.15, 0.2) is 24.3 Å². The Bertz CT molecular complexity index is 383. The van der Waals surface area contributed by atoms with Crippen molar-refractivity contribution in [2.45, 2.75) is 57.5 Å². The number of hydrogen-bond acceptors (Lipinski definition) is 2. The summed E-state index contributed by atoms with van der Waals surface area (Å²) in [4.78, 5) is 2.45. The summed E-state index contributed by atoms with van der Waals surface area (Å²) < 4.78 is 0. The van der Waals surface area contributed by atoms with E-state index in [-0.39, 0.29) is 0 Å². The van der Waals surface area contributed by atoms with Gasteiger partial charge in [-0.2, -0.15) is 0 Å². The molecule has 106 valence electrons. The molecule has 19 heavy (non-hydrogen) atoms. The van der Waals surface area contributed by atoms with Crippen LogP contribution in [0.3, 0.4) is 0 Å². The van der Waals surface area contributed by atoms with Crippen LogP contribution in [0.5, 0.6) is 0 Å². The van der Waals surface area contributed by atoms with E-state index in [2.05, 4.69) is 50.1 Å². The molecule has 0 aliphatic heterocycles. The van der Waals surface area contributed by atoms with E-state index in [9.17, 15) is 0 Å². The summed E-state index contributed by atoms with van der Waals surface area (Å²) >= 11 is 0. The van der Waals surface area contributed by atoms with Crippen LogP contribution in [-0.4, -0.2) is 30.6 Å². The van der Waals surface area contributed by atoms with Crippen LogP contribution in [0.25, 0.3) is 0 Å². The third-order valence-corrected chi connectivity index (χ3v) is 4.50. The van der Waals surface area contributed by atoms with Crippen LogP contribution in [0.4, 0.5) is 0 Å². The summed E-state index contributed by atoms with van der Waals surface area (Å²) in [5.74, 6) is 0.619. The lowest BCUT2D eigenvalue weighted by Crippen LogP contribution is -2.42. The molecule has 0 radical (unpaired) electrons. The highest BCUT2D eigenvalue weighted by Gasteiger charge is 2.26. The molecule has 2 unspecified atom stereocenters. The zero-order valence-electron chi connectivity index (χ0n) is 12.6. The largest absolute Gasteiger partial charge is 0.326 e. The third-order valence-electron chi connectivity index (χ3n) is 4.50. The van der Waals surface area contributed by atoms with Crippen molar-refractivity contribution in [1.82, 2.24) is 4.90 Å². The van der Waals surface area contributed by atoms with E-state index in [1.54, 1.807) is 0 Å². The zero-order chi connectivity index (χ0) is 13.8. The Kier molecular flexibility index (Phi) is 5.00. The highest BCUT2D eigenvalue weighted by Crippen LogP contribution is 2.22. The molecule has 0 bridgehead atoms. The molecule has 2 N–H and O–H groups in total. The third kappa shape index (κ3) is 3.80. The van der Waals surface area contributed by atoms with Crippen LogP contribution in [0, 0.1) is 0 Å². The molecule has 1 saturated carbocycles. The van der Waals surface area contributed by atoms with Crippen LogP contribution < -0.4 is 5.73 Å². The summed E-state index contributed by atoms with van der Waals surface area (Å²) in [6, 6.07) is 10.1. The molecule has 1 aliphatic rings. The molecular formula is C17H28N2. The Morgan fingerprint density at radius 1 is 1.21 bits per heavy atom. The van der Waals surface area contributed by atoms with Crippen molar-refractivity contribution in [3.63, 3.8) is 0 Å². The van der Waals surface area contributed by atoms with Crippen molar-refractivity contribution < 1.29 is 0 Å². The summed E-state index contributed by atoms with van der Waals surface area (Å²) in [6.07, 6.45) is 4.87. The Morgan fingerprint density at radius 2 is 1.89 bits per heavy atom. The smallest absolute Gasteiger partial charge is 0.0244 e. The molecule has 1 aromatic carbocycles. The van der Waals surface area contributed by atoms with Gasteiger partial charge in [0.25, 0.3) is 0 Å². The first-order valence-electron chi connectivity index (χ1n) is 7.62. The average molecular weight is 260 g/mol. The maximum absolute atomic E-state index is 6.16. The number of likely N-dealkylation sites (N-methyl/N-ethyl adjacent to an activating group) is 1. The van der Waals surface area contributed by atoms with E-state index in [0.29, 0.717) is 18.0 Å². The van der Waals surface area contributed by atoms with Crippen molar-refractivity contribution in [2.75, 3.05) is 13.6 Å².